The fourth-order valence-corrected chi connectivity index (χ4v) is 3.17. The topological polar surface area (TPSA) is 20.3 Å². The summed E-state index contributed by atoms with van der Waals surface area (Å²) >= 11 is 5.23. The van der Waals surface area contributed by atoms with Gasteiger partial charge in [0.1, 0.15) is 6.54 Å². The summed E-state index contributed by atoms with van der Waals surface area (Å²) in [6.07, 6.45) is -2.62. The summed E-state index contributed by atoms with van der Waals surface area (Å²) in [5, 5.41) is 0. The number of benzene rings is 1. The first kappa shape index (κ1) is 17.1. The average molecular weight is 476 g/mol. The lowest BCUT2D eigenvalue weighted by Gasteiger charge is -2.30. The normalized spacial score (nSPS) is 16.7. The Labute approximate surface area is 143 Å². The number of nitrogens with zero attached hydrogens (tertiary/aromatic N) is 1. The minimum atomic E-state index is -4.39. The first-order valence-corrected chi connectivity index (χ1v) is 8.39. The molecule has 0 radical (unpaired) electrons. The molecule has 1 atom stereocenters. The lowest BCUT2D eigenvalue weighted by molar-refractivity contribution is -0.144. The van der Waals surface area contributed by atoms with Gasteiger partial charge in [0, 0.05) is 14.1 Å². The van der Waals surface area contributed by atoms with Gasteiger partial charge in [-0.1, -0.05) is 15.9 Å². The van der Waals surface area contributed by atoms with E-state index in [1.807, 2.05) is 22.6 Å². The molecule has 1 aliphatic rings. The molecule has 2 rings (SSSR count). The van der Waals surface area contributed by atoms with Crippen molar-refractivity contribution in [3.8, 4) is 0 Å². The van der Waals surface area contributed by atoms with Crippen LogP contribution in [0.1, 0.15) is 30.1 Å². The molecular weight excluding hydrogens is 462 g/mol. The van der Waals surface area contributed by atoms with Crippen LogP contribution in [0.25, 0.3) is 0 Å². The Balaban J connectivity index is 2.30. The molecule has 1 aromatic rings. The zero-order chi connectivity index (χ0) is 15.8. The lowest BCUT2D eigenvalue weighted by atomic mass is 10.1. The van der Waals surface area contributed by atoms with E-state index in [1.165, 1.54) is 0 Å². The van der Waals surface area contributed by atoms with E-state index in [1.54, 1.807) is 25.1 Å². The van der Waals surface area contributed by atoms with Crippen molar-refractivity contribution in [2.75, 3.05) is 6.54 Å². The van der Waals surface area contributed by atoms with Crippen LogP contribution in [0.3, 0.4) is 0 Å². The highest BCUT2D eigenvalue weighted by Crippen LogP contribution is 2.37. The molecule has 21 heavy (non-hydrogen) atoms. The van der Waals surface area contributed by atoms with E-state index < -0.39 is 24.7 Å². The smallest absolute Gasteiger partial charge is 0.327 e. The quantitative estimate of drug-likeness (QED) is 0.570. The molecule has 7 heteroatoms. The summed E-state index contributed by atoms with van der Waals surface area (Å²) in [7, 11) is 0. The standard InChI is InChI=1S/C14H14BrF3INO/c1-8(9-2-3-9)20(7-14(16,17)18)13(21)11-6-10(15)4-5-12(11)19/h4-6,8-9H,2-3,7H2,1H3. The van der Waals surface area contributed by atoms with Crippen molar-refractivity contribution >= 4 is 44.4 Å². The van der Waals surface area contributed by atoms with E-state index in [0.29, 0.717) is 13.6 Å². The Hall–Kier alpha value is -0.310. The van der Waals surface area contributed by atoms with Gasteiger partial charge in [-0.15, -0.1) is 0 Å². The largest absolute Gasteiger partial charge is 0.406 e. The number of hydrogen-bond donors (Lipinski definition) is 0. The highest BCUT2D eigenvalue weighted by molar-refractivity contribution is 14.1. The fraction of sp³-hybridized carbons (Fsp3) is 0.500. The molecule has 1 saturated carbocycles. The van der Waals surface area contributed by atoms with Crippen molar-refractivity contribution in [2.45, 2.75) is 32.0 Å². The van der Waals surface area contributed by atoms with Gasteiger partial charge in [-0.3, -0.25) is 4.79 Å². The third-order valence-corrected chi connectivity index (χ3v) is 5.00. The number of hydrogen-bond acceptors (Lipinski definition) is 1. The van der Waals surface area contributed by atoms with E-state index in [2.05, 4.69) is 15.9 Å². The van der Waals surface area contributed by atoms with Crippen molar-refractivity contribution in [1.29, 1.82) is 0 Å². The Kier molecular flexibility index (Phi) is 5.23. The first-order valence-electron chi connectivity index (χ1n) is 6.52. The molecule has 0 N–H and O–H groups in total. The van der Waals surface area contributed by atoms with Gasteiger partial charge >= 0.3 is 6.18 Å². The molecule has 1 fully saturated rings. The predicted molar refractivity (Wildman–Crippen MR) is 86.1 cm³/mol. The maximum Gasteiger partial charge on any atom is 0.406 e. The second kappa shape index (κ2) is 6.44. The minimum Gasteiger partial charge on any atom is -0.327 e. The van der Waals surface area contributed by atoms with Crippen molar-refractivity contribution in [3.63, 3.8) is 0 Å². The first-order chi connectivity index (χ1) is 9.69. The molecule has 0 aliphatic heterocycles. The van der Waals surface area contributed by atoms with Gasteiger partial charge in [-0.05, 0) is 66.5 Å². The monoisotopic (exact) mass is 475 g/mol. The summed E-state index contributed by atoms with van der Waals surface area (Å²) in [6.45, 7) is 0.498. The number of carbonyl (C=O) groups excluding carboxylic acids is 1. The summed E-state index contributed by atoms with van der Waals surface area (Å²) < 4.78 is 39.7. The second-order valence-corrected chi connectivity index (χ2v) is 7.33. The molecule has 0 saturated heterocycles. The molecule has 0 aromatic heterocycles. The summed E-state index contributed by atoms with van der Waals surface area (Å²) in [6, 6.07) is 4.66. The number of rotatable bonds is 4. The van der Waals surface area contributed by atoms with Gasteiger partial charge < -0.3 is 4.90 Å². The van der Waals surface area contributed by atoms with E-state index in [-0.39, 0.29) is 5.92 Å². The maximum absolute atomic E-state index is 12.8. The third-order valence-electron chi connectivity index (χ3n) is 3.57. The van der Waals surface area contributed by atoms with Gasteiger partial charge in [0.25, 0.3) is 5.91 Å². The SMILES string of the molecule is CC(C1CC1)N(CC(F)(F)F)C(=O)c1cc(Br)ccc1I. The molecule has 0 heterocycles. The van der Waals surface area contributed by atoms with Crippen LogP contribution >= 0.6 is 38.5 Å². The average Bonchev–Trinajstić information content (AvgIpc) is 3.20. The van der Waals surface area contributed by atoms with Crippen LogP contribution in [0.2, 0.25) is 0 Å². The van der Waals surface area contributed by atoms with Gasteiger partial charge in [0.05, 0.1) is 5.56 Å². The summed E-state index contributed by atoms with van der Waals surface area (Å²) in [5.41, 5.74) is 0.307. The highest BCUT2D eigenvalue weighted by Gasteiger charge is 2.41. The van der Waals surface area contributed by atoms with Gasteiger partial charge in [0.2, 0.25) is 0 Å². The Bertz CT molecular complexity index is 546. The van der Waals surface area contributed by atoms with E-state index in [4.69, 9.17) is 0 Å². The lowest BCUT2D eigenvalue weighted by Crippen LogP contribution is -2.45. The molecule has 0 bridgehead atoms. The van der Waals surface area contributed by atoms with E-state index in [9.17, 15) is 18.0 Å². The van der Waals surface area contributed by atoms with Crippen molar-refractivity contribution < 1.29 is 18.0 Å². The van der Waals surface area contributed by atoms with Crippen LogP contribution in [0.5, 0.6) is 0 Å². The molecule has 1 unspecified atom stereocenters. The van der Waals surface area contributed by atoms with E-state index in [0.717, 1.165) is 17.7 Å². The van der Waals surface area contributed by atoms with Crippen LogP contribution in [0.4, 0.5) is 13.2 Å². The zero-order valence-corrected chi connectivity index (χ0v) is 15.0. The number of alkyl halides is 3. The highest BCUT2D eigenvalue weighted by atomic mass is 127. The third kappa shape index (κ3) is 4.58. The molecule has 0 spiro atoms. The summed E-state index contributed by atoms with van der Waals surface area (Å²) in [5.74, 6) is -0.376. The van der Waals surface area contributed by atoms with Crippen LogP contribution < -0.4 is 0 Å². The van der Waals surface area contributed by atoms with Gasteiger partial charge in [-0.2, -0.15) is 13.2 Å². The second-order valence-electron chi connectivity index (χ2n) is 5.25. The number of halogens is 5. The van der Waals surface area contributed by atoms with Crippen LogP contribution in [0, 0.1) is 9.49 Å². The zero-order valence-electron chi connectivity index (χ0n) is 11.3. The van der Waals surface area contributed by atoms with Crippen molar-refractivity contribution in [2.24, 2.45) is 5.92 Å². The number of carbonyl (C=O) groups is 1. The summed E-state index contributed by atoms with van der Waals surface area (Å²) in [4.78, 5) is 13.5. The van der Waals surface area contributed by atoms with Crippen LogP contribution in [-0.4, -0.2) is 29.6 Å². The van der Waals surface area contributed by atoms with Gasteiger partial charge in [-0.25, -0.2) is 0 Å². The Morgan fingerprint density at radius 3 is 2.62 bits per heavy atom. The Morgan fingerprint density at radius 1 is 1.48 bits per heavy atom. The van der Waals surface area contributed by atoms with Crippen LogP contribution in [-0.2, 0) is 0 Å². The van der Waals surface area contributed by atoms with E-state index >= 15 is 0 Å². The number of amides is 1. The van der Waals surface area contributed by atoms with Gasteiger partial charge in [0.15, 0.2) is 0 Å². The Morgan fingerprint density at radius 2 is 2.10 bits per heavy atom. The van der Waals surface area contributed by atoms with Crippen LogP contribution in [0.15, 0.2) is 22.7 Å². The molecule has 1 amide bonds. The molecule has 2 nitrogen and oxygen atoms in total. The van der Waals surface area contributed by atoms with Crippen molar-refractivity contribution in [1.82, 2.24) is 4.90 Å². The predicted octanol–water partition coefficient (Wildman–Crippen LogP) is 4.86. The molecular formula is C14H14BrF3INO. The minimum absolute atomic E-state index is 0.182. The molecule has 116 valence electrons. The fourth-order valence-electron chi connectivity index (χ4n) is 2.24. The molecule has 1 aliphatic carbocycles. The molecule has 1 aromatic carbocycles. The maximum atomic E-state index is 12.8. The van der Waals surface area contributed by atoms with Crippen molar-refractivity contribution in [3.05, 3.63) is 31.8 Å².